The fourth-order valence-corrected chi connectivity index (χ4v) is 4.63. The van der Waals surface area contributed by atoms with Gasteiger partial charge in [-0.3, -0.25) is 14.9 Å². The number of anilines is 1. The van der Waals surface area contributed by atoms with Crippen LogP contribution in [0.5, 0.6) is 0 Å². The van der Waals surface area contributed by atoms with Gasteiger partial charge < -0.3 is 9.73 Å². The summed E-state index contributed by atoms with van der Waals surface area (Å²) in [4.78, 5) is 23.1. The van der Waals surface area contributed by atoms with Crippen LogP contribution in [-0.2, 0) is 17.3 Å². The molecule has 0 saturated heterocycles. The van der Waals surface area contributed by atoms with E-state index < -0.39 is 10.8 Å². The van der Waals surface area contributed by atoms with Gasteiger partial charge in [0, 0.05) is 24.2 Å². The molecule has 1 heterocycles. The van der Waals surface area contributed by atoms with Crippen molar-refractivity contribution in [2.45, 2.75) is 64.7 Å². The monoisotopic (exact) mass is 446 g/mol. The number of nitrogens with zero attached hydrogens (tertiary/aromatic N) is 1. The number of rotatable bonds is 5. The predicted molar refractivity (Wildman–Crippen MR) is 129 cm³/mol. The molecule has 0 radical (unpaired) electrons. The first kappa shape index (κ1) is 22.8. The van der Waals surface area contributed by atoms with Gasteiger partial charge in [-0.15, -0.1) is 0 Å². The first-order chi connectivity index (χ1) is 15.5. The quantitative estimate of drug-likeness (QED) is 0.349. The highest BCUT2D eigenvalue weighted by Gasteiger charge is 2.37. The highest BCUT2D eigenvalue weighted by atomic mass is 16.6. The standard InChI is InChI=1S/C27H30N2O4/c1-17-13-22-23(27(4,5)12-11-26(22,2)3)15-18(17)14-21-9-10-24(33-21)25(30)28-19-7-6-8-20(16-19)29(31)32/h6-10,13,15-16H,11-12,14H2,1-5H3,(H,28,30). The molecule has 1 N–H and O–H groups in total. The molecule has 1 amide bonds. The average molecular weight is 447 g/mol. The minimum atomic E-state index is -0.496. The van der Waals surface area contributed by atoms with E-state index in [1.54, 1.807) is 12.1 Å². The van der Waals surface area contributed by atoms with Crippen LogP contribution in [-0.4, -0.2) is 10.8 Å². The number of aryl methyl sites for hydroxylation is 1. The summed E-state index contributed by atoms with van der Waals surface area (Å²) in [5.74, 6) is 0.440. The fourth-order valence-electron chi connectivity index (χ4n) is 4.63. The Morgan fingerprint density at radius 2 is 1.70 bits per heavy atom. The molecule has 6 nitrogen and oxygen atoms in total. The van der Waals surface area contributed by atoms with Crippen molar-refractivity contribution in [3.8, 4) is 0 Å². The van der Waals surface area contributed by atoms with Crippen molar-refractivity contribution in [1.29, 1.82) is 0 Å². The topological polar surface area (TPSA) is 85.4 Å². The molecule has 1 aromatic heterocycles. The van der Waals surface area contributed by atoms with E-state index in [1.165, 1.54) is 46.9 Å². The van der Waals surface area contributed by atoms with Crippen LogP contribution in [0.3, 0.4) is 0 Å². The highest BCUT2D eigenvalue weighted by molar-refractivity contribution is 6.02. The normalized spacial score (nSPS) is 16.2. The molecule has 4 rings (SSSR count). The molecular formula is C27H30N2O4. The number of benzene rings is 2. The molecule has 0 spiro atoms. The maximum atomic E-state index is 12.6. The third kappa shape index (κ3) is 4.56. The lowest BCUT2D eigenvalue weighted by Gasteiger charge is -2.42. The molecule has 6 heteroatoms. The van der Waals surface area contributed by atoms with E-state index in [4.69, 9.17) is 4.42 Å². The second-order valence-corrected chi connectivity index (χ2v) is 10.3. The number of hydrogen-bond donors (Lipinski definition) is 1. The maximum Gasteiger partial charge on any atom is 0.291 e. The summed E-state index contributed by atoms with van der Waals surface area (Å²) in [6.45, 7) is 11.4. The van der Waals surface area contributed by atoms with Crippen molar-refractivity contribution in [2.24, 2.45) is 0 Å². The zero-order valence-electron chi connectivity index (χ0n) is 19.8. The number of non-ortho nitro benzene ring substituents is 1. The number of hydrogen-bond acceptors (Lipinski definition) is 4. The number of carbonyl (C=O) groups is 1. The van der Waals surface area contributed by atoms with E-state index in [0.717, 1.165) is 6.42 Å². The van der Waals surface area contributed by atoms with Crippen LogP contribution in [0.1, 0.15) is 79.1 Å². The van der Waals surface area contributed by atoms with Gasteiger partial charge in [0.05, 0.1) is 4.92 Å². The summed E-state index contributed by atoms with van der Waals surface area (Å²) in [7, 11) is 0. The summed E-state index contributed by atoms with van der Waals surface area (Å²) >= 11 is 0. The van der Waals surface area contributed by atoms with Gasteiger partial charge in [0.1, 0.15) is 5.76 Å². The number of furan rings is 1. The van der Waals surface area contributed by atoms with Gasteiger partial charge >= 0.3 is 0 Å². The van der Waals surface area contributed by atoms with Gasteiger partial charge in [-0.1, -0.05) is 45.9 Å². The second kappa shape index (κ2) is 8.18. The molecule has 3 aromatic rings. The van der Waals surface area contributed by atoms with Crippen molar-refractivity contribution in [1.82, 2.24) is 0 Å². The maximum absolute atomic E-state index is 12.6. The lowest BCUT2D eigenvalue weighted by molar-refractivity contribution is -0.384. The number of amides is 1. The van der Waals surface area contributed by atoms with Crippen LogP contribution in [0.15, 0.2) is 52.9 Å². The molecule has 1 aliphatic carbocycles. The third-order valence-electron chi connectivity index (χ3n) is 6.87. The number of nitro groups is 1. The van der Waals surface area contributed by atoms with Gasteiger partial charge in [0.2, 0.25) is 0 Å². The van der Waals surface area contributed by atoms with Crippen molar-refractivity contribution in [2.75, 3.05) is 5.32 Å². The molecule has 0 unspecified atom stereocenters. The summed E-state index contributed by atoms with van der Waals surface area (Å²) in [6.07, 6.45) is 2.92. The van der Waals surface area contributed by atoms with E-state index in [-0.39, 0.29) is 22.3 Å². The van der Waals surface area contributed by atoms with E-state index >= 15 is 0 Å². The van der Waals surface area contributed by atoms with Crippen molar-refractivity contribution in [3.63, 3.8) is 0 Å². The molecule has 0 saturated carbocycles. The van der Waals surface area contributed by atoms with Crippen molar-refractivity contribution < 1.29 is 14.1 Å². The van der Waals surface area contributed by atoms with Crippen LogP contribution in [0.25, 0.3) is 0 Å². The van der Waals surface area contributed by atoms with E-state index in [2.05, 4.69) is 52.1 Å². The summed E-state index contributed by atoms with van der Waals surface area (Å²) in [6, 6.07) is 13.9. The summed E-state index contributed by atoms with van der Waals surface area (Å²) in [5.41, 5.74) is 5.80. The number of fused-ring (bicyclic) bond motifs is 1. The molecular weight excluding hydrogens is 416 g/mol. The van der Waals surface area contributed by atoms with E-state index in [9.17, 15) is 14.9 Å². The Bertz CT molecular complexity index is 1240. The second-order valence-electron chi connectivity index (χ2n) is 10.3. The number of nitro benzene ring substituents is 1. The lowest BCUT2D eigenvalue weighted by Crippen LogP contribution is -2.34. The Morgan fingerprint density at radius 1 is 1.03 bits per heavy atom. The van der Waals surface area contributed by atoms with Gasteiger partial charge in [0.15, 0.2) is 5.76 Å². The molecule has 0 atom stereocenters. The van der Waals surface area contributed by atoms with Crippen LogP contribution < -0.4 is 5.32 Å². The third-order valence-corrected chi connectivity index (χ3v) is 6.87. The molecule has 2 aromatic carbocycles. The van der Waals surface area contributed by atoms with E-state index in [1.807, 2.05) is 6.07 Å². The van der Waals surface area contributed by atoms with Crippen molar-refractivity contribution in [3.05, 3.63) is 92.4 Å². The Morgan fingerprint density at radius 3 is 2.36 bits per heavy atom. The first-order valence-corrected chi connectivity index (χ1v) is 11.3. The predicted octanol–water partition coefficient (Wildman–Crippen LogP) is 6.69. The minimum absolute atomic E-state index is 0.0816. The zero-order valence-corrected chi connectivity index (χ0v) is 19.8. The number of nitrogens with one attached hydrogen (secondary N) is 1. The Labute approximate surface area is 194 Å². The summed E-state index contributed by atoms with van der Waals surface area (Å²) < 4.78 is 5.85. The minimum Gasteiger partial charge on any atom is -0.456 e. The number of carbonyl (C=O) groups excluding carboxylic acids is 1. The van der Waals surface area contributed by atoms with E-state index in [0.29, 0.717) is 17.9 Å². The lowest BCUT2D eigenvalue weighted by atomic mass is 9.62. The molecule has 0 aliphatic heterocycles. The fraction of sp³-hybridized carbons (Fsp3) is 0.370. The van der Waals surface area contributed by atoms with Gasteiger partial charge in [-0.2, -0.15) is 0 Å². The van der Waals surface area contributed by atoms with Gasteiger partial charge in [-0.05, 0) is 71.0 Å². The summed E-state index contributed by atoms with van der Waals surface area (Å²) in [5, 5.41) is 13.6. The van der Waals surface area contributed by atoms with Crippen LogP contribution in [0.4, 0.5) is 11.4 Å². The Balaban J connectivity index is 1.55. The van der Waals surface area contributed by atoms with Crippen LogP contribution in [0.2, 0.25) is 0 Å². The largest absolute Gasteiger partial charge is 0.456 e. The molecule has 1 aliphatic rings. The van der Waals surface area contributed by atoms with Crippen LogP contribution >= 0.6 is 0 Å². The van der Waals surface area contributed by atoms with Gasteiger partial charge in [0.25, 0.3) is 11.6 Å². The Hall–Kier alpha value is -3.41. The molecule has 33 heavy (non-hydrogen) atoms. The molecule has 172 valence electrons. The first-order valence-electron chi connectivity index (χ1n) is 11.3. The molecule has 0 bridgehead atoms. The zero-order chi connectivity index (χ0) is 24.0. The van der Waals surface area contributed by atoms with Gasteiger partial charge in [-0.25, -0.2) is 0 Å². The SMILES string of the molecule is Cc1cc2c(cc1Cc1ccc(C(=O)Nc3cccc([N+](=O)[O-])c3)o1)C(C)(C)CCC2(C)C. The highest BCUT2D eigenvalue weighted by Crippen LogP contribution is 2.46. The van der Waals surface area contributed by atoms with Crippen molar-refractivity contribution >= 4 is 17.3 Å². The molecule has 0 fully saturated rings. The average Bonchev–Trinajstić information content (AvgIpc) is 3.21. The Kier molecular flexibility index (Phi) is 5.64. The van der Waals surface area contributed by atoms with Crippen LogP contribution in [0, 0.1) is 17.0 Å². The smallest absolute Gasteiger partial charge is 0.291 e.